The molecule has 1 fully saturated rings. The molecule has 25 heavy (non-hydrogen) atoms. The van der Waals surface area contributed by atoms with Crippen LogP contribution in [0.2, 0.25) is 0 Å². The molecule has 6 heteroatoms. The lowest BCUT2D eigenvalue weighted by Gasteiger charge is -2.35. The van der Waals surface area contributed by atoms with Gasteiger partial charge in [-0.15, -0.1) is 0 Å². The Balaban J connectivity index is 1.67. The van der Waals surface area contributed by atoms with Gasteiger partial charge in [-0.1, -0.05) is 24.8 Å². The highest BCUT2D eigenvalue weighted by atomic mass is 32.2. The minimum atomic E-state index is -0.182. The summed E-state index contributed by atoms with van der Waals surface area (Å²) in [6.45, 7) is 9.69. The molecule has 1 aromatic carbocycles. The Morgan fingerprint density at radius 2 is 2.00 bits per heavy atom. The van der Waals surface area contributed by atoms with Gasteiger partial charge in [-0.25, -0.2) is 0 Å². The molecule has 2 aliphatic heterocycles. The molecular weight excluding hydrogens is 336 g/mol. The molecule has 0 bridgehead atoms. The average molecular weight is 358 g/mol. The molecule has 2 atom stereocenters. The molecule has 2 aliphatic rings. The third-order valence-corrected chi connectivity index (χ3v) is 4.89. The van der Waals surface area contributed by atoms with Crippen LogP contribution in [0.25, 0.3) is 6.08 Å². The van der Waals surface area contributed by atoms with Crippen LogP contribution in [-0.2, 0) is 9.53 Å². The van der Waals surface area contributed by atoms with Gasteiger partial charge in [-0.3, -0.25) is 4.79 Å². The third-order valence-electron chi connectivity index (χ3n) is 3.85. The van der Waals surface area contributed by atoms with Gasteiger partial charge < -0.3 is 14.4 Å². The molecule has 0 N–H and O–H groups in total. The summed E-state index contributed by atoms with van der Waals surface area (Å²) in [5.41, 5.74) is 0.946. The van der Waals surface area contributed by atoms with Gasteiger partial charge in [0.1, 0.15) is 12.4 Å². The molecule has 1 aromatic rings. The minimum Gasteiger partial charge on any atom is -0.490 e. The number of aliphatic imine (C=N–C) groups is 1. The zero-order valence-corrected chi connectivity index (χ0v) is 15.3. The van der Waals surface area contributed by atoms with E-state index in [4.69, 9.17) is 9.47 Å². The number of thioether (sulfide) groups is 1. The van der Waals surface area contributed by atoms with Crippen LogP contribution in [0.5, 0.6) is 5.75 Å². The maximum absolute atomic E-state index is 12.2. The fourth-order valence-electron chi connectivity index (χ4n) is 2.83. The zero-order chi connectivity index (χ0) is 17.8. The van der Waals surface area contributed by atoms with Crippen molar-refractivity contribution in [2.45, 2.75) is 26.1 Å². The van der Waals surface area contributed by atoms with Crippen molar-refractivity contribution in [1.29, 1.82) is 0 Å². The topological polar surface area (TPSA) is 51.1 Å². The lowest BCUT2D eigenvalue weighted by atomic mass is 10.2. The number of hydrogen-bond donors (Lipinski definition) is 0. The van der Waals surface area contributed by atoms with Gasteiger partial charge in [0.05, 0.1) is 17.1 Å². The van der Waals surface area contributed by atoms with Crippen LogP contribution in [0.1, 0.15) is 19.4 Å². The van der Waals surface area contributed by atoms with Crippen LogP contribution < -0.4 is 4.74 Å². The fourth-order valence-corrected chi connectivity index (χ4v) is 3.77. The molecule has 0 spiro atoms. The Bertz CT molecular complexity index is 702. The van der Waals surface area contributed by atoms with Gasteiger partial charge in [0, 0.05) is 13.1 Å². The molecule has 0 unspecified atom stereocenters. The van der Waals surface area contributed by atoms with Gasteiger partial charge in [-0.2, -0.15) is 4.99 Å². The molecule has 0 aromatic heterocycles. The van der Waals surface area contributed by atoms with Crippen LogP contribution in [0.3, 0.4) is 0 Å². The van der Waals surface area contributed by atoms with E-state index in [9.17, 15) is 4.79 Å². The number of carbonyl (C=O) groups excluding carboxylic acids is 1. The van der Waals surface area contributed by atoms with E-state index >= 15 is 0 Å². The quantitative estimate of drug-likeness (QED) is 0.610. The summed E-state index contributed by atoms with van der Waals surface area (Å²) in [7, 11) is 0. The van der Waals surface area contributed by atoms with E-state index in [0.29, 0.717) is 11.5 Å². The second-order valence-electron chi connectivity index (χ2n) is 6.14. The van der Waals surface area contributed by atoms with Crippen molar-refractivity contribution in [3.05, 3.63) is 47.4 Å². The molecule has 2 heterocycles. The summed E-state index contributed by atoms with van der Waals surface area (Å²) in [4.78, 5) is 19.2. The number of nitrogens with zero attached hydrogens (tertiary/aromatic N) is 2. The normalized spacial score (nSPS) is 25.2. The predicted octanol–water partition coefficient (Wildman–Crippen LogP) is 3.33. The Kier molecular flexibility index (Phi) is 5.60. The van der Waals surface area contributed by atoms with E-state index in [1.165, 1.54) is 11.8 Å². The number of amidine groups is 1. The van der Waals surface area contributed by atoms with Gasteiger partial charge in [-0.05, 0) is 49.4 Å². The van der Waals surface area contributed by atoms with E-state index < -0.39 is 0 Å². The van der Waals surface area contributed by atoms with Crippen molar-refractivity contribution in [1.82, 2.24) is 4.90 Å². The zero-order valence-electron chi connectivity index (χ0n) is 14.5. The number of ether oxygens (including phenoxy) is 2. The number of carbonyl (C=O) groups is 1. The van der Waals surface area contributed by atoms with E-state index in [2.05, 4.69) is 16.5 Å². The second kappa shape index (κ2) is 7.89. The van der Waals surface area contributed by atoms with E-state index in [1.54, 1.807) is 6.08 Å². The smallest absolute Gasteiger partial charge is 0.286 e. The number of rotatable bonds is 4. The number of morpholine rings is 1. The van der Waals surface area contributed by atoms with Gasteiger partial charge in [0.15, 0.2) is 5.17 Å². The maximum Gasteiger partial charge on any atom is 0.286 e. The lowest BCUT2D eigenvalue weighted by molar-refractivity contribution is -0.113. The monoisotopic (exact) mass is 358 g/mol. The molecule has 5 nitrogen and oxygen atoms in total. The first-order valence-corrected chi connectivity index (χ1v) is 9.13. The molecular formula is C19H22N2O3S. The summed E-state index contributed by atoms with van der Waals surface area (Å²) in [5, 5.41) is 0.768. The molecule has 0 aliphatic carbocycles. The van der Waals surface area contributed by atoms with Crippen molar-refractivity contribution in [3.8, 4) is 5.75 Å². The SMILES string of the molecule is C=CCOc1ccc(/C=C2/SC(N3C[C@@H](C)O[C@H](C)C3)=NC2=O)cc1. The number of amides is 1. The van der Waals surface area contributed by atoms with Crippen molar-refractivity contribution < 1.29 is 14.3 Å². The van der Waals surface area contributed by atoms with Crippen LogP contribution in [0, 0.1) is 0 Å². The van der Waals surface area contributed by atoms with Crippen LogP contribution in [-0.4, -0.2) is 47.9 Å². The highest BCUT2D eigenvalue weighted by molar-refractivity contribution is 8.18. The van der Waals surface area contributed by atoms with E-state index in [0.717, 1.165) is 29.6 Å². The first-order valence-electron chi connectivity index (χ1n) is 8.32. The van der Waals surface area contributed by atoms with Crippen LogP contribution in [0.4, 0.5) is 0 Å². The maximum atomic E-state index is 12.2. The minimum absolute atomic E-state index is 0.137. The Morgan fingerprint density at radius 1 is 1.32 bits per heavy atom. The standard InChI is InChI=1S/C19H22N2O3S/c1-4-9-23-16-7-5-15(6-8-16)10-17-18(22)20-19(25-17)21-11-13(2)24-14(3)12-21/h4-8,10,13-14H,1,9,11-12H2,2-3H3/b17-10+/t13-,14-/m1/s1. The summed E-state index contributed by atoms with van der Waals surface area (Å²) >= 11 is 1.43. The highest BCUT2D eigenvalue weighted by Gasteiger charge is 2.30. The first kappa shape index (κ1) is 17.8. The molecule has 3 rings (SSSR count). The summed E-state index contributed by atoms with van der Waals surface area (Å²) < 4.78 is 11.2. The molecule has 132 valence electrons. The lowest BCUT2D eigenvalue weighted by Crippen LogP contribution is -2.47. The van der Waals surface area contributed by atoms with Gasteiger partial charge >= 0.3 is 0 Å². The third kappa shape index (κ3) is 4.52. The van der Waals surface area contributed by atoms with Crippen molar-refractivity contribution in [3.63, 3.8) is 0 Å². The highest BCUT2D eigenvalue weighted by Crippen LogP contribution is 2.31. The van der Waals surface area contributed by atoms with Crippen molar-refractivity contribution in [2.24, 2.45) is 4.99 Å². The second-order valence-corrected chi connectivity index (χ2v) is 7.15. The van der Waals surface area contributed by atoms with Crippen molar-refractivity contribution >= 4 is 28.9 Å². The van der Waals surface area contributed by atoms with Crippen LogP contribution >= 0.6 is 11.8 Å². The number of benzene rings is 1. The Morgan fingerprint density at radius 3 is 2.64 bits per heavy atom. The Labute approximate surface area is 152 Å². The average Bonchev–Trinajstić information content (AvgIpc) is 2.94. The molecule has 0 radical (unpaired) electrons. The molecule has 1 saturated heterocycles. The van der Waals surface area contributed by atoms with Crippen LogP contribution in [0.15, 0.2) is 46.8 Å². The molecule has 0 saturated carbocycles. The van der Waals surface area contributed by atoms with E-state index in [-0.39, 0.29) is 18.1 Å². The summed E-state index contributed by atoms with van der Waals surface area (Å²) in [6, 6.07) is 7.62. The summed E-state index contributed by atoms with van der Waals surface area (Å²) in [6.07, 6.45) is 3.85. The van der Waals surface area contributed by atoms with E-state index in [1.807, 2.05) is 44.2 Å². The van der Waals surface area contributed by atoms with Gasteiger partial charge in [0.2, 0.25) is 0 Å². The van der Waals surface area contributed by atoms with Crippen molar-refractivity contribution in [2.75, 3.05) is 19.7 Å². The van der Waals surface area contributed by atoms with Gasteiger partial charge in [0.25, 0.3) is 5.91 Å². The first-order chi connectivity index (χ1) is 12.0. The molecule has 1 amide bonds. The number of hydrogen-bond acceptors (Lipinski definition) is 5. The predicted molar refractivity (Wildman–Crippen MR) is 102 cm³/mol. The Hall–Kier alpha value is -2.05. The largest absolute Gasteiger partial charge is 0.490 e. The summed E-state index contributed by atoms with van der Waals surface area (Å²) in [5.74, 6) is 0.597. The fraction of sp³-hybridized carbons (Fsp3) is 0.368.